The predicted octanol–water partition coefficient (Wildman–Crippen LogP) is 6.57. The van der Waals surface area contributed by atoms with Crippen LogP contribution in [0.15, 0.2) is 97.1 Å². The topological polar surface area (TPSA) is 161 Å². The van der Waals surface area contributed by atoms with Crippen LogP contribution in [0.5, 0.6) is 0 Å². The Balaban J connectivity index is 0.000000729. The molecule has 8 nitrogen and oxygen atoms in total. The number of carbonyl (C=O) groups excluding carboxylic acids is 4. The van der Waals surface area contributed by atoms with Gasteiger partial charge in [-0.2, -0.15) is 0 Å². The van der Waals surface area contributed by atoms with Gasteiger partial charge >= 0.3 is 0 Å². The molecule has 308 valence electrons. The molecule has 0 atom stereocenters. The minimum atomic E-state index is -1.11. The largest absolute Gasteiger partial charge is 0.545 e. The molecule has 0 aliphatic heterocycles. The van der Waals surface area contributed by atoms with Gasteiger partial charge in [-0.15, -0.1) is 0 Å². The summed E-state index contributed by atoms with van der Waals surface area (Å²) in [7, 11) is 0. The van der Waals surface area contributed by atoms with Crippen LogP contribution in [0.1, 0.15) is 172 Å². The van der Waals surface area contributed by atoms with E-state index in [0.717, 1.165) is 47.9 Å². The third-order valence-corrected chi connectivity index (χ3v) is 11.1. The van der Waals surface area contributed by atoms with E-state index in [4.69, 9.17) is 0 Å². The summed E-state index contributed by atoms with van der Waals surface area (Å²) >= 11 is 0. The van der Waals surface area contributed by atoms with E-state index in [0.29, 0.717) is 0 Å². The third-order valence-electron chi connectivity index (χ3n) is 11.1. The molecule has 4 aromatic carbocycles. The maximum Gasteiger partial charge on any atom is 0.0715 e. The average molecular weight is 972 g/mol. The van der Waals surface area contributed by atoms with Crippen LogP contribution in [-0.4, -0.2) is 51.2 Å². The monoisotopic (exact) mass is 972 g/mol. The van der Waals surface area contributed by atoms with Gasteiger partial charge in [-0.1, -0.05) is 156 Å². The molecule has 4 aromatic rings. The number of hydrogen-bond acceptors (Lipinski definition) is 8. The van der Waals surface area contributed by atoms with Crippen molar-refractivity contribution >= 4 is 51.2 Å². The van der Waals surface area contributed by atoms with Gasteiger partial charge in [-0.3, -0.25) is 0 Å². The van der Waals surface area contributed by atoms with Gasteiger partial charge in [0.15, 0.2) is 0 Å². The summed E-state index contributed by atoms with van der Waals surface area (Å²) in [6, 6.07) is 27.9. The van der Waals surface area contributed by atoms with Crippen molar-refractivity contribution in [3.05, 3.63) is 142 Å². The number of aromatic carboxylic acids is 4. The quantitative estimate of drug-likeness (QED) is 0.144. The van der Waals surface area contributed by atoms with Crippen LogP contribution in [0, 0.1) is 0 Å². The van der Waals surface area contributed by atoms with Crippen LogP contribution >= 0.6 is 0 Å². The Kier molecular flexibility index (Phi) is 21.4. The molecule has 0 amide bonds. The van der Waals surface area contributed by atoms with E-state index in [1.807, 2.05) is 24.3 Å². The molecule has 57 heavy (non-hydrogen) atoms. The first-order chi connectivity index (χ1) is 25.9. The molecular weight excluding hydrogens is 912 g/mol. The molecular formula is C48H60O8Pb-4. The van der Waals surface area contributed by atoms with Crippen molar-refractivity contribution in [2.24, 2.45) is 0 Å². The van der Waals surface area contributed by atoms with Crippen molar-refractivity contribution in [2.75, 3.05) is 0 Å². The number of carboxylic acid groups (broad SMARTS) is 4. The zero-order valence-electron chi connectivity index (χ0n) is 35.8. The minimum absolute atomic E-state index is 0. The Morgan fingerprint density at radius 2 is 0.526 bits per heavy atom. The summed E-state index contributed by atoms with van der Waals surface area (Å²) in [5.74, 6) is -4.45. The smallest absolute Gasteiger partial charge is 0.0715 e. The van der Waals surface area contributed by atoms with Gasteiger partial charge in [0.1, 0.15) is 0 Å². The summed E-state index contributed by atoms with van der Waals surface area (Å²) < 4.78 is 0. The van der Waals surface area contributed by atoms with E-state index in [2.05, 4.69) is 83.1 Å². The van der Waals surface area contributed by atoms with Gasteiger partial charge < -0.3 is 39.6 Å². The molecule has 9 heteroatoms. The van der Waals surface area contributed by atoms with E-state index in [9.17, 15) is 39.6 Å². The molecule has 0 aromatic heterocycles. The SMILES string of the molecule is CCC(C)(C)c1cccc(C(=O)[O-])c1.CCC(C)(C)c1cccc(C(=O)[O-])c1.CCC(C)(C)c1cccc(C(=O)[O-])c1.CCC(C)(C)c1cccc(C(=O)[O-])c1.[Pb]. The van der Waals surface area contributed by atoms with Gasteiger partial charge in [-0.05, 0) is 116 Å². The van der Waals surface area contributed by atoms with Crippen molar-refractivity contribution in [3.8, 4) is 0 Å². The Morgan fingerprint density at radius 3 is 0.649 bits per heavy atom. The normalized spacial score (nSPS) is 11.2. The van der Waals surface area contributed by atoms with Crippen molar-refractivity contribution in [3.63, 3.8) is 0 Å². The minimum Gasteiger partial charge on any atom is -0.545 e. The van der Waals surface area contributed by atoms with Crippen LogP contribution in [0.3, 0.4) is 0 Å². The molecule has 0 N–H and O–H groups in total. The van der Waals surface area contributed by atoms with Crippen LogP contribution in [0.25, 0.3) is 0 Å². The average Bonchev–Trinajstić information content (AvgIpc) is 3.18. The van der Waals surface area contributed by atoms with Crippen molar-refractivity contribution < 1.29 is 39.6 Å². The summed E-state index contributed by atoms with van der Waals surface area (Å²) in [6.07, 6.45) is 3.90. The van der Waals surface area contributed by atoms with Crippen LogP contribution in [0.2, 0.25) is 0 Å². The fraction of sp³-hybridized carbons (Fsp3) is 0.417. The first-order valence-electron chi connectivity index (χ1n) is 19.2. The molecule has 0 spiro atoms. The van der Waals surface area contributed by atoms with Gasteiger partial charge in [0.05, 0.1) is 23.9 Å². The Morgan fingerprint density at radius 1 is 0.368 bits per heavy atom. The number of carboxylic acids is 4. The van der Waals surface area contributed by atoms with E-state index in [-0.39, 0.29) is 71.2 Å². The molecule has 0 heterocycles. The molecule has 4 rings (SSSR count). The summed E-state index contributed by atoms with van der Waals surface area (Å²) in [6.45, 7) is 25.1. The predicted molar refractivity (Wildman–Crippen MR) is 222 cm³/mol. The first-order valence-corrected chi connectivity index (χ1v) is 19.2. The van der Waals surface area contributed by atoms with E-state index in [1.54, 1.807) is 72.8 Å². The molecule has 4 radical (unpaired) electrons. The zero-order valence-corrected chi connectivity index (χ0v) is 39.7. The third kappa shape index (κ3) is 16.6. The summed E-state index contributed by atoms with van der Waals surface area (Å²) in [4.78, 5) is 42.6. The number of hydrogen-bond donors (Lipinski definition) is 0. The van der Waals surface area contributed by atoms with Crippen molar-refractivity contribution in [1.82, 2.24) is 0 Å². The Bertz CT molecular complexity index is 1640. The summed E-state index contributed by atoms with van der Waals surface area (Å²) in [5, 5.41) is 42.6. The van der Waals surface area contributed by atoms with E-state index >= 15 is 0 Å². The first kappa shape index (κ1) is 52.7. The summed E-state index contributed by atoms with van der Waals surface area (Å²) in [5.41, 5.74) is 5.27. The molecule has 0 unspecified atom stereocenters. The van der Waals surface area contributed by atoms with E-state index in [1.165, 1.54) is 0 Å². The van der Waals surface area contributed by atoms with Crippen LogP contribution in [0.4, 0.5) is 0 Å². The second-order valence-electron chi connectivity index (χ2n) is 16.4. The fourth-order valence-corrected chi connectivity index (χ4v) is 5.09. The Labute approximate surface area is 360 Å². The van der Waals surface area contributed by atoms with Gasteiger partial charge in [0.2, 0.25) is 0 Å². The van der Waals surface area contributed by atoms with Crippen LogP contribution in [-0.2, 0) is 21.7 Å². The molecule has 0 aliphatic carbocycles. The molecule has 0 fully saturated rings. The maximum absolute atomic E-state index is 10.7. The zero-order chi connectivity index (χ0) is 43.1. The van der Waals surface area contributed by atoms with E-state index < -0.39 is 23.9 Å². The van der Waals surface area contributed by atoms with Gasteiger partial charge in [-0.25, -0.2) is 0 Å². The fourth-order valence-electron chi connectivity index (χ4n) is 5.09. The molecule has 0 aliphatic rings. The molecule has 0 saturated carbocycles. The number of carbonyl (C=O) groups is 4. The number of benzene rings is 4. The standard InChI is InChI=1S/4C12H16O2.Pb/c4*1-4-12(2,3)10-7-5-6-9(8-10)11(13)14;/h4*5-8H,4H2,1-3H3,(H,13,14);/p-4. The molecule has 0 saturated heterocycles. The maximum atomic E-state index is 10.7. The van der Waals surface area contributed by atoms with Crippen molar-refractivity contribution in [2.45, 2.75) is 130 Å². The van der Waals surface area contributed by atoms with Gasteiger partial charge in [0.25, 0.3) is 0 Å². The number of rotatable bonds is 12. The van der Waals surface area contributed by atoms with Crippen molar-refractivity contribution in [1.29, 1.82) is 0 Å². The van der Waals surface area contributed by atoms with Crippen LogP contribution < -0.4 is 20.4 Å². The second-order valence-corrected chi connectivity index (χ2v) is 16.4. The Hall–Kier alpha value is -4.32. The van der Waals surface area contributed by atoms with Gasteiger partial charge in [0, 0.05) is 27.3 Å². The molecule has 0 bridgehead atoms. The second kappa shape index (κ2) is 23.2.